The van der Waals surface area contributed by atoms with Crippen LogP contribution in [-0.4, -0.2) is 4.92 Å². The van der Waals surface area contributed by atoms with Crippen molar-refractivity contribution in [2.45, 2.75) is 6.61 Å². The molecule has 31 heavy (non-hydrogen) atoms. The lowest BCUT2D eigenvalue weighted by Crippen LogP contribution is -1.99. The predicted octanol–water partition coefficient (Wildman–Crippen LogP) is 6.63. The molecule has 0 aliphatic heterocycles. The van der Waals surface area contributed by atoms with Crippen molar-refractivity contribution in [3.63, 3.8) is 0 Å². The zero-order valence-electron chi connectivity index (χ0n) is 15.9. The summed E-state index contributed by atoms with van der Waals surface area (Å²) < 4.78 is 7.21. The fourth-order valence-corrected chi connectivity index (χ4v) is 4.29. The van der Waals surface area contributed by atoms with E-state index in [9.17, 15) is 20.6 Å². The Labute approximate surface area is 195 Å². The zero-order valence-corrected chi connectivity index (χ0v) is 19.1. The van der Waals surface area contributed by atoms with Gasteiger partial charge in [-0.1, -0.05) is 30.3 Å². The molecule has 0 aromatic heterocycles. The second-order valence-electron chi connectivity index (χ2n) is 6.35. The Morgan fingerprint density at radius 1 is 1.06 bits per heavy atom. The van der Waals surface area contributed by atoms with Gasteiger partial charge in [0.25, 0.3) is 5.69 Å². The van der Waals surface area contributed by atoms with Gasteiger partial charge in [0, 0.05) is 17.7 Å². The van der Waals surface area contributed by atoms with E-state index in [2.05, 4.69) is 44.0 Å². The zero-order chi connectivity index (χ0) is 22.4. The molecule has 0 bridgehead atoms. The van der Waals surface area contributed by atoms with Crippen LogP contribution in [0.5, 0.6) is 5.75 Å². The van der Waals surface area contributed by atoms with Gasteiger partial charge >= 0.3 is 0 Å². The van der Waals surface area contributed by atoms with Crippen LogP contribution in [0, 0.1) is 32.8 Å². The summed E-state index contributed by atoms with van der Waals surface area (Å²) in [6, 6.07) is 20.9. The molecule has 0 fully saturated rings. The number of benzene rings is 3. The highest BCUT2D eigenvalue weighted by atomic mass is 79.9. The van der Waals surface area contributed by atoms with E-state index < -0.39 is 4.92 Å². The van der Waals surface area contributed by atoms with Crippen molar-refractivity contribution < 1.29 is 9.66 Å². The maximum absolute atomic E-state index is 11.0. The lowest BCUT2D eigenvalue weighted by molar-refractivity contribution is -0.384. The van der Waals surface area contributed by atoms with Crippen LogP contribution in [0.15, 0.2) is 69.6 Å². The summed E-state index contributed by atoms with van der Waals surface area (Å²) >= 11 is 6.97. The summed E-state index contributed by atoms with van der Waals surface area (Å²) in [7, 11) is 0. The molecule has 0 saturated heterocycles. The van der Waals surface area contributed by atoms with Crippen LogP contribution in [0.2, 0.25) is 0 Å². The molecule has 0 radical (unpaired) electrons. The van der Waals surface area contributed by atoms with E-state index in [-0.39, 0.29) is 12.3 Å². The number of nitro groups is 1. The molecular formula is C23H13Br2N3O3. The van der Waals surface area contributed by atoms with Gasteiger partial charge in [0.05, 0.1) is 37.1 Å². The number of rotatable bonds is 6. The maximum Gasteiger partial charge on any atom is 0.270 e. The molecule has 0 unspecified atom stereocenters. The molecule has 152 valence electrons. The van der Waals surface area contributed by atoms with E-state index in [0.717, 1.165) is 5.56 Å². The van der Waals surface area contributed by atoms with E-state index >= 15 is 0 Å². The van der Waals surface area contributed by atoms with Crippen molar-refractivity contribution in [1.82, 2.24) is 0 Å². The Bertz CT molecular complexity index is 1250. The second-order valence-corrected chi connectivity index (χ2v) is 8.06. The normalized spacial score (nSPS) is 10.8. The number of hydrogen-bond acceptors (Lipinski definition) is 5. The standard InChI is InChI=1S/C23H13Br2N3O3/c24-21-9-15(8-19(13-27)16-6-3-7-20(11-16)28(29)30)10-22(25)23(21)31-14-18-5-2-1-4-17(18)12-26/h1-11H,14H2/b19-8-. The van der Waals surface area contributed by atoms with Crippen molar-refractivity contribution in [2.24, 2.45) is 0 Å². The molecular weight excluding hydrogens is 526 g/mol. The number of halogens is 2. The molecule has 3 rings (SSSR count). The van der Waals surface area contributed by atoms with Gasteiger partial charge in [-0.15, -0.1) is 0 Å². The van der Waals surface area contributed by atoms with E-state index in [1.54, 1.807) is 42.5 Å². The smallest absolute Gasteiger partial charge is 0.270 e. The third kappa shape index (κ3) is 5.37. The molecule has 0 amide bonds. The predicted molar refractivity (Wildman–Crippen MR) is 124 cm³/mol. The first-order valence-corrected chi connectivity index (χ1v) is 10.5. The Balaban J connectivity index is 1.89. The van der Waals surface area contributed by atoms with Gasteiger partial charge in [0.2, 0.25) is 0 Å². The third-order valence-corrected chi connectivity index (χ3v) is 5.51. The average molecular weight is 539 g/mol. The number of nitrogens with zero attached hydrogens (tertiary/aromatic N) is 3. The van der Waals surface area contributed by atoms with Crippen LogP contribution in [0.4, 0.5) is 5.69 Å². The van der Waals surface area contributed by atoms with Crippen molar-refractivity contribution >= 4 is 49.2 Å². The minimum atomic E-state index is -0.498. The first-order chi connectivity index (χ1) is 14.9. The Hall–Kier alpha value is -3.46. The van der Waals surface area contributed by atoms with Crippen LogP contribution in [0.3, 0.4) is 0 Å². The molecule has 0 N–H and O–H groups in total. The molecule has 0 aliphatic carbocycles. The third-order valence-electron chi connectivity index (χ3n) is 4.33. The SMILES string of the molecule is N#C/C(=C/c1cc(Br)c(OCc2ccccc2C#N)c(Br)c1)c1cccc([N+](=O)[O-])c1. The Kier molecular flexibility index (Phi) is 7.19. The summed E-state index contributed by atoms with van der Waals surface area (Å²) in [5, 5.41) is 29.8. The first-order valence-electron chi connectivity index (χ1n) is 8.89. The van der Waals surface area contributed by atoms with Crippen LogP contribution in [0.1, 0.15) is 22.3 Å². The molecule has 0 atom stereocenters. The van der Waals surface area contributed by atoms with Gasteiger partial charge in [-0.3, -0.25) is 10.1 Å². The summed E-state index contributed by atoms with van der Waals surface area (Å²) in [6.45, 7) is 0.216. The summed E-state index contributed by atoms with van der Waals surface area (Å²) in [5.41, 5.74) is 2.68. The molecule has 0 saturated carbocycles. The van der Waals surface area contributed by atoms with Crippen molar-refractivity contribution in [3.8, 4) is 17.9 Å². The molecule has 0 heterocycles. The van der Waals surface area contributed by atoms with Crippen LogP contribution in [0.25, 0.3) is 11.6 Å². The highest BCUT2D eigenvalue weighted by Crippen LogP contribution is 2.36. The number of allylic oxidation sites excluding steroid dienone is 1. The van der Waals surface area contributed by atoms with E-state index in [1.165, 1.54) is 12.1 Å². The lowest BCUT2D eigenvalue weighted by Gasteiger charge is -2.12. The number of hydrogen-bond donors (Lipinski definition) is 0. The minimum Gasteiger partial charge on any atom is -0.486 e. The van der Waals surface area contributed by atoms with Gasteiger partial charge < -0.3 is 4.74 Å². The van der Waals surface area contributed by atoms with Gasteiger partial charge in [-0.2, -0.15) is 10.5 Å². The van der Waals surface area contributed by atoms with Crippen molar-refractivity contribution in [1.29, 1.82) is 10.5 Å². The van der Waals surface area contributed by atoms with Gasteiger partial charge in [-0.25, -0.2) is 0 Å². The molecule has 3 aromatic carbocycles. The van der Waals surface area contributed by atoms with Crippen LogP contribution >= 0.6 is 31.9 Å². The fraction of sp³-hybridized carbons (Fsp3) is 0.0435. The van der Waals surface area contributed by atoms with Gasteiger partial charge in [0.1, 0.15) is 12.4 Å². The van der Waals surface area contributed by atoms with E-state index in [4.69, 9.17) is 4.74 Å². The molecule has 6 nitrogen and oxygen atoms in total. The summed E-state index contributed by atoms with van der Waals surface area (Å²) in [6.07, 6.45) is 1.64. The van der Waals surface area contributed by atoms with Crippen molar-refractivity contribution in [3.05, 3.63) is 102 Å². The highest BCUT2D eigenvalue weighted by molar-refractivity contribution is 9.11. The molecule has 0 aliphatic rings. The van der Waals surface area contributed by atoms with Gasteiger partial charge in [-0.05, 0) is 67.3 Å². The molecule has 0 spiro atoms. The quantitative estimate of drug-likeness (QED) is 0.152. The number of ether oxygens (including phenoxy) is 1. The number of nitro benzene ring substituents is 1. The Morgan fingerprint density at radius 3 is 2.42 bits per heavy atom. The topological polar surface area (TPSA) is 99.9 Å². The Morgan fingerprint density at radius 2 is 1.77 bits per heavy atom. The monoisotopic (exact) mass is 537 g/mol. The summed E-state index contributed by atoms with van der Waals surface area (Å²) in [4.78, 5) is 10.5. The molecule has 8 heteroatoms. The van der Waals surface area contributed by atoms with Crippen LogP contribution < -0.4 is 4.74 Å². The highest BCUT2D eigenvalue weighted by Gasteiger charge is 2.12. The largest absolute Gasteiger partial charge is 0.486 e. The fourth-order valence-electron chi connectivity index (χ4n) is 2.84. The van der Waals surface area contributed by atoms with Crippen molar-refractivity contribution in [2.75, 3.05) is 0 Å². The van der Waals surface area contributed by atoms with E-state index in [0.29, 0.717) is 37.0 Å². The average Bonchev–Trinajstić information content (AvgIpc) is 2.77. The second kappa shape index (κ2) is 10.0. The van der Waals surface area contributed by atoms with Crippen LogP contribution in [-0.2, 0) is 6.61 Å². The lowest BCUT2D eigenvalue weighted by atomic mass is 10.0. The first kappa shape index (κ1) is 22.2. The number of non-ortho nitro benzene ring substituents is 1. The maximum atomic E-state index is 11.0. The van der Waals surface area contributed by atoms with Gasteiger partial charge in [0.15, 0.2) is 0 Å². The molecule has 3 aromatic rings. The minimum absolute atomic E-state index is 0.0811. The van der Waals surface area contributed by atoms with E-state index in [1.807, 2.05) is 12.1 Å². The summed E-state index contributed by atoms with van der Waals surface area (Å²) in [5.74, 6) is 0.554. The number of nitriles is 2.